The van der Waals surface area contributed by atoms with Gasteiger partial charge in [0.2, 0.25) is 0 Å². The van der Waals surface area contributed by atoms with Crippen molar-refractivity contribution >= 4 is 0 Å². The minimum atomic E-state index is 0.480. The van der Waals surface area contributed by atoms with Crippen LogP contribution >= 0.6 is 0 Å². The van der Waals surface area contributed by atoms with Crippen LogP contribution in [0.15, 0.2) is 0 Å². The third kappa shape index (κ3) is 1.55. The molecule has 2 aliphatic heterocycles. The standard InChI is InChI=1S/C8H16N2O/c1-2-9-3-4-10-5-8(1)6-11-7-8/h9-10H,1-7H2. The van der Waals surface area contributed by atoms with Crippen molar-refractivity contribution in [2.24, 2.45) is 5.41 Å². The second-order valence-electron chi connectivity index (χ2n) is 3.67. The summed E-state index contributed by atoms with van der Waals surface area (Å²) in [7, 11) is 0. The average Bonchev–Trinajstić information content (AvgIpc) is 1.82. The second-order valence-corrected chi connectivity index (χ2v) is 3.67. The highest BCUT2D eigenvalue weighted by molar-refractivity contribution is 4.89. The molecule has 2 aliphatic rings. The van der Waals surface area contributed by atoms with Crippen LogP contribution in [0.25, 0.3) is 0 Å². The zero-order valence-electron chi connectivity index (χ0n) is 6.86. The molecule has 0 aromatic heterocycles. The van der Waals surface area contributed by atoms with Crippen LogP contribution in [-0.4, -0.2) is 39.4 Å². The first-order chi connectivity index (χ1) is 5.41. The van der Waals surface area contributed by atoms with Gasteiger partial charge in [-0.05, 0) is 13.0 Å². The molecule has 2 N–H and O–H groups in total. The molecule has 0 amide bonds. The fraction of sp³-hybridized carbons (Fsp3) is 1.00. The van der Waals surface area contributed by atoms with Crippen LogP contribution in [0.1, 0.15) is 6.42 Å². The zero-order valence-corrected chi connectivity index (χ0v) is 6.86. The Balaban J connectivity index is 1.86. The summed E-state index contributed by atoms with van der Waals surface area (Å²) in [5.41, 5.74) is 0.480. The fourth-order valence-corrected chi connectivity index (χ4v) is 1.73. The lowest BCUT2D eigenvalue weighted by atomic mass is 9.82. The van der Waals surface area contributed by atoms with Crippen molar-refractivity contribution in [3.05, 3.63) is 0 Å². The van der Waals surface area contributed by atoms with E-state index in [1.165, 1.54) is 6.42 Å². The summed E-state index contributed by atoms with van der Waals surface area (Å²) in [6, 6.07) is 0. The van der Waals surface area contributed by atoms with Gasteiger partial charge in [-0.3, -0.25) is 0 Å². The molecule has 0 unspecified atom stereocenters. The van der Waals surface area contributed by atoms with E-state index in [9.17, 15) is 0 Å². The first-order valence-electron chi connectivity index (χ1n) is 4.41. The Morgan fingerprint density at radius 2 is 1.82 bits per heavy atom. The normalized spacial score (nSPS) is 30.5. The van der Waals surface area contributed by atoms with Gasteiger partial charge in [-0.15, -0.1) is 0 Å². The highest BCUT2D eigenvalue weighted by Gasteiger charge is 2.37. The number of hydrogen-bond donors (Lipinski definition) is 2. The van der Waals surface area contributed by atoms with Gasteiger partial charge in [0.1, 0.15) is 0 Å². The summed E-state index contributed by atoms with van der Waals surface area (Å²) in [5.74, 6) is 0. The Kier molecular flexibility index (Phi) is 2.11. The third-order valence-corrected chi connectivity index (χ3v) is 2.63. The van der Waals surface area contributed by atoms with E-state index in [-0.39, 0.29) is 0 Å². The Morgan fingerprint density at radius 1 is 1.00 bits per heavy atom. The van der Waals surface area contributed by atoms with Gasteiger partial charge in [0.05, 0.1) is 13.2 Å². The van der Waals surface area contributed by atoms with Crippen LogP contribution in [-0.2, 0) is 4.74 Å². The van der Waals surface area contributed by atoms with Crippen molar-refractivity contribution in [3.8, 4) is 0 Å². The Labute approximate surface area is 67.5 Å². The summed E-state index contributed by atoms with van der Waals surface area (Å²) in [4.78, 5) is 0. The molecule has 2 rings (SSSR count). The maximum Gasteiger partial charge on any atom is 0.0557 e. The molecule has 0 saturated carbocycles. The van der Waals surface area contributed by atoms with E-state index in [2.05, 4.69) is 10.6 Å². The highest BCUT2D eigenvalue weighted by Crippen LogP contribution is 2.30. The van der Waals surface area contributed by atoms with Crippen molar-refractivity contribution < 1.29 is 4.74 Å². The van der Waals surface area contributed by atoms with Crippen molar-refractivity contribution in [3.63, 3.8) is 0 Å². The summed E-state index contributed by atoms with van der Waals surface area (Å²) in [5, 5.41) is 6.83. The molecule has 0 radical (unpaired) electrons. The second kappa shape index (κ2) is 3.09. The molecule has 0 atom stereocenters. The Bertz CT molecular complexity index is 124. The lowest BCUT2D eigenvalue weighted by Crippen LogP contribution is -2.53. The molecule has 3 heteroatoms. The largest absolute Gasteiger partial charge is 0.380 e. The number of nitrogens with one attached hydrogen (secondary N) is 2. The van der Waals surface area contributed by atoms with Gasteiger partial charge < -0.3 is 15.4 Å². The third-order valence-electron chi connectivity index (χ3n) is 2.63. The molecule has 2 saturated heterocycles. The van der Waals surface area contributed by atoms with Crippen LogP contribution in [0.5, 0.6) is 0 Å². The number of rotatable bonds is 0. The minimum absolute atomic E-state index is 0.480. The summed E-state index contributed by atoms with van der Waals surface area (Å²) < 4.78 is 5.24. The summed E-state index contributed by atoms with van der Waals surface area (Å²) in [6.07, 6.45) is 1.26. The predicted molar refractivity (Wildman–Crippen MR) is 43.6 cm³/mol. The van der Waals surface area contributed by atoms with Crippen LogP contribution in [0.4, 0.5) is 0 Å². The molecule has 11 heavy (non-hydrogen) atoms. The first-order valence-corrected chi connectivity index (χ1v) is 4.41. The molecule has 1 spiro atoms. The number of ether oxygens (including phenoxy) is 1. The average molecular weight is 156 g/mol. The monoisotopic (exact) mass is 156 g/mol. The van der Waals surface area contributed by atoms with Crippen molar-refractivity contribution in [2.45, 2.75) is 6.42 Å². The molecule has 3 nitrogen and oxygen atoms in total. The molecule has 0 aromatic carbocycles. The van der Waals surface area contributed by atoms with E-state index in [0.29, 0.717) is 5.41 Å². The van der Waals surface area contributed by atoms with Gasteiger partial charge >= 0.3 is 0 Å². The van der Waals surface area contributed by atoms with Gasteiger partial charge in [-0.2, -0.15) is 0 Å². The van der Waals surface area contributed by atoms with Crippen molar-refractivity contribution in [1.82, 2.24) is 10.6 Å². The lowest BCUT2D eigenvalue weighted by Gasteiger charge is -2.42. The minimum Gasteiger partial charge on any atom is -0.380 e. The number of hydrogen-bond acceptors (Lipinski definition) is 3. The van der Waals surface area contributed by atoms with Gasteiger partial charge in [-0.1, -0.05) is 0 Å². The zero-order chi connectivity index (χ0) is 7.57. The van der Waals surface area contributed by atoms with Crippen LogP contribution < -0.4 is 10.6 Å². The quantitative estimate of drug-likeness (QED) is 0.500. The van der Waals surface area contributed by atoms with E-state index >= 15 is 0 Å². The van der Waals surface area contributed by atoms with E-state index in [1.807, 2.05) is 0 Å². The van der Waals surface area contributed by atoms with Crippen molar-refractivity contribution in [2.75, 3.05) is 39.4 Å². The molecular weight excluding hydrogens is 140 g/mol. The van der Waals surface area contributed by atoms with E-state index in [4.69, 9.17) is 4.74 Å². The van der Waals surface area contributed by atoms with Gasteiger partial charge in [0.25, 0.3) is 0 Å². The Morgan fingerprint density at radius 3 is 2.55 bits per heavy atom. The molecule has 0 aromatic rings. The SMILES string of the molecule is C1CNCC2(CCN1)COC2. The van der Waals surface area contributed by atoms with E-state index in [0.717, 1.165) is 39.4 Å². The Hall–Kier alpha value is -0.120. The van der Waals surface area contributed by atoms with Crippen LogP contribution in [0.3, 0.4) is 0 Å². The molecule has 2 heterocycles. The molecule has 64 valence electrons. The van der Waals surface area contributed by atoms with Crippen molar-refractivity contribution in [1.29, 1.82) is 0 Å². The van der Waals surface area contributed by atoms with Crippen LogP contribution in [0.2, 0.25) is 0 Å². The fourth-order valence-electron chi connectivity index (χ4n) is 1.73. The molecule has 0 bridgehead atoms. The van der Waals surface area contributed by atoms with Gasteiger partial charge in [0.15, 0.2) is 0 Å². The topological polar surface area (TPSA) is 33.3 Å². The highest BCUT2D eigenvalue weighted by atomic mass is 16.5. The molecular formula is C8H16N2O. The summed E-state index contributed by atoms with van der Waals surface area (Å²) in [6.45, 7) is 6.43. The molecule has 2 fully saturated rings. The van der Waals surface area contributed by atoms with Gasteiger partial charge in [-0.25, -0.2) is 0 Å². The van der Waals surface area contributed by atoms with Crippen LogP contribution in [0, 0.1) is 5.41 Å². The molecule has 0 aliphatic carbocycles. The first kappa shape index (κ1) is 7.53. The smallest absolute Gasteiger partial charge is 0.0557 e. The lowest BCUT2D eigenvalue weighted by molar-refractivity contribution is -0.116. The van der Waals surface area contributed by atoms with E-state index in [1.54, 1.807) is 0 Å². The maximum absolute atomic E-state index is 5.24. The predicted octanol–water partition coefficient (Wildman–Crippen LogP) is -0.414. The van der Waals surface area contributed by atoms with E-state index < -0.39 is 0 Å². The maximum atomic E-state index is 5.24. The van der Waals surface area contributed by atoms with Gasteiger partial charge in [0, 0.05) is 25.0 Å². The summed E-state index contributed by atoms with van der Waals surface area (Å²) >= 11 is 0.